The van der Waals surface area contributed by atoms with Crippen LogP contribution in [0.15, 0.2) is 18.2 Å². The molecule has 0 aliphatic rings. The molecule has 0 aliphatic heterocycles. The van der Waals surface area contributed by atoms with E-state index < -0.39 is 5.54 Å². The molecule has 0 fully saturated rings. The first kappa shape index (κ1) is 15.3. The molecule has 0 saturated carbocycles. The second kappa shape index (κ2) is 6.43. The number of ether oxygens (including phenoxy) is 2. The number of aliphatic hydroxyl groups is 1. The number of nitrogens with one attached hydrogen (secondary N) is 1. The van der Waals surface area contributed by atoms with Gasteiger partial charge in [-0.3, -0.25) is 4.79 Å². The molecule has 0 radical (unpaired) electrons. The summed E-state index contributed by atoms with van der Waals surface area (Å²) in [5.74, 6) is 0.893. The summed E-state index contributed by atoms with van der Waals surface area (Å²) in [5, 5.41) is 11.8. The average Bonchev–Trinajstić information content (AvgIpc) is 2.37. The third-order valence-electron chi connectivity index (χ3n) is 2.80. The van der Waals surface area contributed by atoms with Gasteiger partial charge in [0.15, 0.2) is 0 Å². The molecule has 2 N–H and O–H groups in total. The van der Waals surface area contributed by atoms with Gasteiger partial charge in [0.25, 0.3) is 5.91 Å². The van der Waals surface area contributed by atoms with Gasteiger partial charge in [-0.25, -0.2) is 0 Å². The zero-order chi connectivity index (χ0) is 14.5. The van der Waals surface area contributed by atoms with E-state index in [1.54, 1.807) is 18.2 Å². The first-order valence-electron chi connectivity index (χ1n) is 6.08. The average molecular weight is 267 g/mol. The molecule has 19 heavy (non-hydrogen) atoms. The van der Waals surface area contributed by atoms with Crippen molar-refractivity contribution in [3.05, 3.63) is 23.8 Å². The fourth-order valence-corrected chi connectivity index (χ4v) is 1.66. The summed E-state index contributed by atoms with van der Waals surface area (Å²) >= 11 is 0. The number of hydrogen-bond acceptors (Lipinski definition) is 4. The molecule has 0 heterocycles. The van der Waals surface area contributed by atoms with Gasteiger partial charge < -0.3 is 19.9 Å². The summed E-state index contributed by atoms with van der Waals surface area (Å²) < 4.78 is 10.3. The lowest BCUT2D eigenvalue weighted by Gasteiger charge is -2.25. The van der Waals surface area contributed by atoms with E-state index in [1.807, 2.05) is 13.8 Å². The van der Waals surface area contributed by atoms with Gasteiger partial charge >= 0.3 is 0 Å². The molecule has 0 spiro atoms. The highest BCUT2D eigenvalue weighted by Gasteiger charge is 2.21. The van der Waals surface area contributed by atoms with Crippen molar-refractivity contribution in [1.82, 2.24) is 5.32 Å². The monoisotopic (exact) mass is 267 g/mol. The Balaban J connectivity index is 2.93. The van der Waals surface area contributed by atoms with Crippen molar-refractivity contribution >= 4 is 5.91 Å². The molecular formula is C14H21NO4. The molecule has 0 aliphatic carbocycles. The van der Waals surface area contributed by atoms with Crippen molar-refractivity contribution < 1.29 is 19.4 Å². The summed E-state index contributed by atoms with van der Waals surface area (Å²) in [5.41, 5.74) is -0.00971. The number of benzene rings is 1. The summed E-state index contributed by atoms with van der Waals surface area (Å²) in [6, 6.07) is 5.00. The second-order valence-corrected chi connectivity index (χ2v) is 4.91. The highest BCUT2D eigenvalue weighted by Crippen LogP contribution is 2.23. The first-order chi connectivity index (χ1) is 8.91. The Kier molecular flexibility index (Phi) is 5.18. The van der Waals surface area contributed by atoms with Crippen molar-refractivity contribution in [3.63, 3.8) is 0 Å². The molecule has 1 aromatic rings. The van der Waals surface area contributed by atoms with Crippen LogP contribution in [0, 0.1) is 0 Å². The maximum atomic E-state index is 12.2. The maximum Gasteiger partial charge on any atom is 0.251 e. The van der Waals surface area contributed by atoms with E-state index in [4.69, 9.17) is 14.6 Å². The van der Waals surface area contributed by atoms with E-state index in [1.165, 1.54) is 14.2 Å². The number of aliphatic hydroxyl groups excluding tert-OH is 1. The summed E-state index contributed by atoms with van der Waals surface area (Å²) in [4.78, 5) is 12.2. The smallest absolute Gasteiger partial charge is 0.251 e. The number of rotatable bonds is 6. The highest BCUT2D eigenvalue weighted by molar-refractivity contribution is 5.95. The third kappa shape index (κ3) is 4.44. The van der Waals surface area contributed by atoms with Crippen LogP contribution < -0.4 is 14.8 Å². The Morgan fingerprint density at radius 1 is 1.21 bits per heavy atom. The van der Waals surface area contributed by atoms with E-state index in [9.17, 15) is 4.79 Å². The van der Waals surface area contributed by atoms with Gasteiger partial charge in [-0.1, -0.05) is 0 Å². The van der Waals surface area contributed by atoms with Crippen LogP contribution in [0.5, 0.6) is 11.5 Å². The standard InChI is InChI=1S/C14H21NO4/c1-14(2,5-6-16)15-13(17)10-7-11(18-3)9-12(8-10)19-4/h7-9,16H,5-6H2,1-4H3,(H,15,17). The van der Waals surface area contributed by atoms with Crippen LogP contribution in [-0.2, 0) is 0 Å². The molecule has 1 rings (SSSR count). The number of amides is 1. The summed E-state index contributed by atoms with van der Waals surface area (Å²) in [6.07, 6.45) is 0.486. The molecule has 0 unspecified atom stereocenters. The molecule has 106 valence electrons. The lowest BCUT2D eigenvalue weighted by Crippen LogP contribution is -2.44. The molecule has 0 bridgehead atoms. The van der Waals surface area contributed by atoms with Gasteiger partial charge in [-0.2, -0.15) is 0 Å². The van der Waals surface area contributed by atoms with E-state index in [0.29, 0.717) is 23.5 Å². The zero-order valence-electron chi connectivity index (χ0n) is 11.8. The Morgan fingerprint density at radius 2 is 1.74 bits per heavy atom. The number of methoxy groups -OCH3 is 2. The Hall–Kier alpha value is -1.75. The fourth-order valence-electron chi connectivity index (χ4n) is 1.66. The van der Waals surface area contributed by atoms with Crippen molar-refractivity contribution in [2.45, 2.75) is 25.8 Å². The zero-order valence-corrected chi connectivity index (χ0v) is 11.8. The van der Waals surface area contributed by atoms with Gasteiger partial charge in [-0.15, -0.1) is 0 Å². The lowest BCUT2D eigenvalue weighted by molar-refractivity contribution is 0.0899. The van der Waals surface area contributed by atoms with Crippen LogP contribution in [0.1, 0.15) is 30.6 Å². The second-order valence-electron chi connectivity index (χ2n) is 4.91. The number of hydrogen-bond donors (Lipinski definition) is 2. The quantitative estimate of drug-likeness (QED) is 0.821. The SMILES string of the molecule is COc1cc(OC)cc(C(=O)NC(C)(C)CCO)c1. The minimum atomic E-state index is -0.470. The predicted molar refractivity (Wildman–Crippen MR) is 72.8 cm³/mol. The molecule has 1 aromatic carbocycles. The molecule has 5 heteroatoms. The Bertz CT molecular complexity index is 421. The van der Waals surface area contributed by atoms with Crippen LogP contribution in [-0.4, -0.2) is 37.4 Å². The lowest BCUT2D eigenvalue weighted by atomic mass is 10.0. The third-order valence-corrected chi connectivity index (χ3v) is 2.80. The Morgan fingerprint density at radius 3 is 2.16 bits per heavy atom. The van der Waals surface area contributed by atoms with Crippen LogP contribution >= 0.6 is 0 Å². The van der Waals surface area contributed by atoms with Crippen LogP contribution in [0.25, 0.3) is 0 Å². The molecular weight excluding hydrogens is 246 g/mol. The van der Waals surface area contributed by atoms with Crippen molar-refractivity contribution in [2.24, 2.45) is 0 Å². The minimum absolute atomic E-state index is 0.0225. The highest BCUT2D eigenvalue weighted by atomic mass is 16.5. The van der Waals surface area contributed by atoms with Crippen LogP contribution in [0.4, 0.5) is 0 Å². The topological polar surface area (TPSA) is 67.8 Å². The number of carbonyl (C=O) groups excluding carboxylic acids is 1. The largest absolute Gasteiger partial charge is 0.497 e. The first-order valence-corrected chi connectivity index (χ1v) is 6.08. The molecule has 0 atom stereocenters. The van der Waals surface area contributed by atoms with E-state index in [0.717, 1.165) is 0 Å². The Labute approximate surface area is 113 Å². The van der Waals surface area contributed by atoms with Gasteiger partial charge in [0.1, 0.15) is 11.5 Å². The molecule has 0 aromatic heterocycles. The van der Waals surface area contributed by atoms with Crippen LogP contribution in [0.3, 0.4) is 0 Å². The summed E-state index contributed by atoms with van der Waals surface area (Å²) in [7, 11) is 3.07. The van der Waals surface area contributed by atoms with E-state index in [2.05, 4.69) is 5.32 Å². The van der Waals surface area contributed by atoms with Crippen molar-refractivity contribution in [2.75, 3.05) is 20.8 Å². The van der Waals surface area contributed by atoms with Crippen molar-refractivity contribution in [3.8, 4) is 11.5 Å². The minimum Gasteiger partial charge on any atom is -0.497 e. The predicted octanol–water partition coefficient (Wildman–Crippen LogP) is 1.59. The van der Waals surface area contributed by atoms with E-state index in [-0.39, 0.29) is 12.5 Å². The van der Waals surface area contributed by atoms with Gasteiger partial charge in [-0.05, 0) is 32.4 Å². The van der Waals surface area contributed by atoms with Crippen molar-refractivity contribution in [1.29, 1.82) is 0 Å². The fraction of sp³-hybridized carbons (Fsp3) is 0.500. The normalized spacial score (nSPS) is 11.0. The molecule has 1 amide bonds. The van der Waals surface area contributed by atoms with E-state index >= 15 is 0 Å². The number of carbonyl (C=O) groups is 1. The van der Waals surface area contributed by atoms with Crippen LogP contribution in [0.2, 0.25) is 0 Å². The molecule has 5 nitrogen and oxygen atoms in total. The maximum absolute atomic E-state index is 12.2. The van der Waals surface area contributed by atoms with Gasteiger partial charge in [0.2, 0.25) is 0 Å². The summed E-state index contributed by atoms with van der Waals surface area (Å²) in [6.45, 7) is 3.74. The van der Waals surface area contributed by atoms with Gasteiger partial charge in [0.05, 0.1) is 14.2 Å². The molecule has 0 saturated heterocycles. The van der Waals surface area contributed by atoms with Gasteiger partial charge in [0, 0.05) is 23.8 Å².